The molecule has 0 saturated heterocycles. The summed E-state index contributed by atoms with van der Waals surface area (Å²) in [4.78, 5) is 3.93. The summed E-state index contributed by atoms with van der Waals surface area (Å²) in [5.41, 5.74) is 12.9. The van der Waals surface area contributed by atoms with Crippen LogP contribution in [0.4, 0.5) is 5.69 Å². The van der Waals surface area contributed by atoms with Crippen molar-refractivity contribution >= 4 is 27.6 Å². The topological polar surface area (TPSA) is 21.4 Å². The van der Waals surface area contributed by atoms with Crippen molar-refractivity contribution in [2.45, 2.75) is 64.2 Å². The van der Waals surface area contributed by atoms with Crippen LogP contribution in [0.2, 0.25) is 0 Å². The number of nitrogens with zero attached hydrogens (tertiary/aromatic N) is 2. The first-order valence-corrected chi connectivity index (χ1v) is 14.1. The van der Waals surface area contributed by atoms with Crippen LogP contribution in [0.3, 0.4) is 0 Å². The van der Waals surface area contributed by atoms with E-state index in [9.17, 15) is 0 Å². The lowest BCUT2D eigenvalue weighted by Crippen LogP contribution is -2.30. The zero-order valence-electron chi connectivity index (χ0n) is 22.3. The molecule has 3 nitrogen and oxygen atoms in total. The SMILES string of the molecule is [C-]#[N+]c1ccc(-c2ccc(C3CCCCC3)c3c2CCC3)c2oc3c(-c4cccc[n+]4C)c(C)ccc3c12. The maximum Gasteiger partial charge on any atom is 0.216 e. The second-order valence-corrected chi connectivity index (χ2v) is 11.2. The van der Waals surface area contributed by atoms with Crippen LogP contribution in [0, 0.1) is 13.5 Å². The fourth-order valence-corrected chi connectivity index (χ4v) is 7.21. The molecule has 38 heavy (non-hydrogen) atoms. The van der Waals surface area contributed by atoms with Crippen molar-refractivity contribution in [1.82, 2.24) is 0 Å². The summed E-state index contributed by atoms with van der Waals surface area (Å²) in [5.74, 6) is 0.720. The molecule has 0 N–H and O–H groups in total. The van der Waals surface area contributed by atoms with E-state index in [0.717, 1.165) is 51.1 Å². The van der Waals surface area contributed by atoms with Gasteiger partial charge in [-0.15, -0.1) is 0 Å². The molecule has 0 atom stereocenters. The Balaban J connectivity index is 1.49. The van der Waals surface area contributed by atoms with Gasteiger partial charge in [0.05, 0.1) is 12.1 Å². The van der Waals surface area contributed by atoms with E-state index in [1.54, 1.807) is 11.1 Å². The number of benzene rings is 3. The summed E-state index contributed by atoms with van der Waals surface area (Å²) >= 11 is 0. The van der Waals surface area contributed by atoms with Gasteiger partial charge in [-0.25, -0.2) is 9.41 Å². The van der Waals surface area contributed by atoms with E-state index < -0.39 is 0 Å². The molecule has 0 radical (unpaired) electrons. The average molecular weight is 498 g/mol. The molecule has 5 aromatic rings. The number of hydrogen-bond donors (Lipinski definition) is 0. The maximum absolute atomic E-state index is 7.95. The van der Waals surface area contributed by atoms with Crippen LogP contribution in [0.1, 0.15) is 66.7 Å². The summed E-state index contributed by atoms with van der Waals surface area (Å²) in [6.07, 6.45) is 12.4. The van der Waals surface area contributed by atoms with Crippen LogP contribution >= 0.6 is 0 Å². The number of hydrogen-bond acceptors (Lipinski definition) is 1. The van der Waals surface area contributed by atoms with Gasteiger partial charge in [0, 0.05) is 28.5 Å². The largest absolute Gasteiger partial charge is 0.456 e. The zero-order valence-corrected chi connectivity index (χ0v) is 22.3. The van der Waals surface area contributed by atoms with E-state index in [-0.39, 0.29) is 0 Å². The van der Waals surface area contributed by atoms with E-state index in [1.165, 1.54) is 61.6 Å². The Kier molecular flexibility index (Phi) is 5.59. The highest BCUT2D eigenvalue weighted by atomic mass is 16.3. The minimum Gasteiger partial charge on any atom is -0.456 e. The lowest BCUT2D eigenvalue weighted by molar-refractivity contribution is -0.660. The first kappa shape index (κ1) is 23.2. The van der Waals surface area contributed by atoms with E-state index in [4.69, 9.17) is 11.0 Å². The Morgan fingerprint density at radius 2 is 1.66 bits per heavy atom. The highest BCUT2D eigenvalue weighted by Crippen LogP contribution is 2.47. The average Bonchev–Trinajstić information content (AvgIpc) is 3.59. The van der Waals surface area contributed by atoms with Crippen LogP contribution in [0.15, 0.2) is 65.2 Å². The maximum atomic E-state index is 7.95. The quantitative estimate of drug-likeness (QED) is 0.180. The molecule has 7 rings (SSSR count). The molecule has 0 bridgehead atoms. The van der Waals surface area contributed by atoms with Crippen LogP contribution < -0.4 is 4.57 Å². The molecule has 0 spiro atoms. The number of fused-ring (bicyclic) bond motifs is 4. The van der Waals surface area contributed by atoms with Crippen LogP contribution in [-0.4, -0.2) is 0 Å². The first-order valence-electron chi connectivity index (χ1n) is 14.1. The molecular weight excluding hydrogens is 464 g/mol. The second kappa shape index (κ2) is 9.14. The molecule has 1 fully saturated rings. The van der Waals surface area contributed by atoms with Crippen molar-refractivity contribution in [2.75, 3.05) is 0 Å². The molecule has 0 unspecified atom stereocenters. The molecule has 2 aliphatic rings. The minimum atomic E-state index is 0.658. The van der Waals surface area contributed by atoms with Crippen molar-refractivity contribution in [1.29, 1.82) is 0 Å². The van der Waals surface area contributed by atoms with Gasteiger partial charge in [-0.05, 0) is 78.8 Å². The molecule has 1 saturated carbocycles. The van der Waals surface area contributed by atoms with Gasteiger partial charge in [-0.1, -0.05) is 55.7 Å². The molecule has 0 amide bonds. The van der Waals surface area contributed by atoms with Gasteiger partial charge in [0.15, 0.2) is 11.9 Å². The predicted molar refractivity (Wildman–Crippen MR) is 155 cm³/mol. The minimum absolute atomic E-state index is 0.658. The van der Waals surface area contributed by atoms with Gasteiger partial charge in [0.25, 0.3) is 0 Å². The van der Waals surface area contributed by atoms with Gasteiger partial charge in [0.2, 0.25) is 5.69 Å². The van der Waals surface area contributed by atoms with E-state index in [0.29, 0.717) is 5.69 Å². The Hall–Kier alpha value is -3.90. The fourth-order valence-electron chi connectivity index (χ4n) is 7.21. The number of aromatic nitrogens is 1. The lowest BCUT2D eigenvalue weighted by Gasteiger charge is -2.25. The number of aryl methyl sites for hydroxylation is 2. The smallest absolute Gasteiger partial charge is 0.216 e. The third kappa shape index (κ3) is 3.51. The number of rotatable bonds is 3. The molecule has 188 valence electrons. The van der Waals surface area contributed by atoms with Crippen LogP contribution in [0.25, 0.3) is 49.2 Å². The van der Waals surface area contributed by atoms with Gasteiger partial charge < -0.3 is 4.42 Å². The predicted octanol–water partition coefficient (Wildman–Crippen LogP) is 9.14. The molecule has 0 aliphatic heterocycles. The molecule has 2 heterocycles. The van der Waals surface area contributed by atoms with Crippen molar-refractivity contribution in [3.05, 3.63) is 94.5 Å². The first-order chi connectivity index (χ1) is 18.7. The van der Waals surface area contributed by atoms with E-state index in [1.807, 2.05) is 12.1 Å². The normalized spacial score (nSPS) is 15.7. The van der Waals surface area contributed by atoms with Crippen molar-refractivity contribution in [2.24, 2.45) is 7.05 Å². The third-order valence-corrected chi connectivity index (χ3v) is 9.06. The monoisotopic (exact) mass is 497 g/mol. The zero-order chi connectivity index (χ0) is 25.8. The van der Waals surface area contributed by atoms with Crippen molar-refractivity contribution in [3.8, 4) is 22.4 Å². The second-order valence-electron chi connectivity index (χ2n) is 11.2. The summed E-state index contributed by atoms with van der Waals surface area (Å²) in [7, 11) is 2.07. The molecule has 3 heteroatoms. The lowest BCUT2D eigenvalue weighted by atomic mass is 9.80. The summed E-state index contributed by atoms with van der Waals surface area (Å²) in [6, 6.07) is 19.5. The van der Waals surface area contributed by atoms with Crippen molar-refractivity contribution in [3.63, 3.8) is 0 Å². The Labute approximate surface area is 224 Å². The van der Waals surface area contributed by atoms with Gasteiger partial charge in [0.1, 0.15) is 18.2 Å². The standard InChI is InChI=1S/C35H33N2O/c1-22-15-16-29-33-30(36-2)20-19-28(34(33)38-35(29)32(22)31-14-7-8-21-37(31)3)27-18-17-24(23-10-5-4-6-11-23)25-12-9-13-26(25)27/h7-8,14-21,23H,4-6,9-13H2,1,3H3/q+1. The third-order valence-electron chi connectivity index (χ3n) is 9.06. The van der Waals surface area contributed by atoms with Crippen molar-refractivity contribution < 1.29 is 8.98 Å². The van der Waals surface area contributed by atoms with Gasteiger partial charge in [-0.3, -0.25) is 0 Å². The Morgan fingerprint density at radius 3 is 2.47 bits per heavy atom. The van der Waals surface area contributed by atoms with Crippen LogP contribution in [-0.2, 0) is 19.9 Å². The Morgan fingerprint density at radius 1 is 0.842 bits per heavy atom. The highest BCUT2D eigenvalue weighted by Gasteiger charge is 2.27. The van der Waals surface area contributed by atoms with E-state index >= 15 is 0 Å². The van der Waals surface area contributed by atoms with Crippen LogP contribution in [0.5, 0.6) is 0 Å². The molecule has 3 aromatic carbocycles. The van der Waals surface area contributed by atoms with Gasteiger partial charge >= 0.3 is 0 Å². The van der Waals surface area contributed by atoms with Gasteiger partial charge in [-0.2, -0.15) is 0 Å². The Bertz CT molecular complexity index is 1760. The highest BCUT2D eigenvalue weighted by molar-refractivity contribution is 6.18. The molecular formula is C35H33N2O+. The molecule has 2 aromatic heterocycles. The number of pyridine rings is 1. The van der Waals surface area contributed by atoms with E-state index in [2.05, 4.69) is 72.0 Å². The number of furan rings is 1. The fraction of sp³-hybridized carbons (Fsp3) is 0.314. The molecule has 2 aliphatic carbocycles. The summed E-state index contributed by atoms with van der Waals surface area (Å²) in [6.45, 7) is 10.1. The summed E-state index contributed by atoms with van der Waals surface area (Å²) < 4.78 is 8.99. The summed E-state index contributed by atoms with van der Waals surface area (Å²) in [5, 5.41) is 1.96.